The highest BCUT2D eigenvalue weighted by Gasteiger charge is 2.38. The third-order valence-corrected chi connectivity index (χ3v) is 5.13. The number of hydrogen-bond acceptors (Lipinski definition) is 5. The maximum absolute atomic E-state index is 10.7. The van der Waals surface area contributed by atoms with Gasteiger partial charge in [-0.25, -0.2) is 9.67 Å². The van der Waals surface area contributed by atoms with Crippen molar-refractivity contribution < 1.29 is 4.79 Å². The van der Waals surface area contributed by atoms with Gasteiger partial charge >= 0.3 is 0 Å². The minimum atomic E-state index is -0.381. The molecule has 1 atom stereocenters. The summed E-state index contributed by atoms with van der Waals surface area (Å²) in [7, 11) is 0. The van der Waals surface area contributed by atoms with Crippen LogP contribution in [0.1, 0.15) is 22.5 Å². The van der Waals surface area contributed by atoms with Gasteiger partial charge in [0, 0.05) is 23.6 Å². The lowest BCUT2D eigenvalue weighted by Gasteiger charge is -2.32. The highest BCUT2D eigenvalue weighted by Crippen LogP contribution is 2.42. The number of aldehydes is 1. The highest BCUT2D eigenvalue weighted by molar-refractivity contribution is 7.07. The second-order valence-electron chi connectivity index (χ2n) is 5.89. The van der Waals surface area contributed by atoms with Crippen LogP contribution in [-0.2, 0) is 16.6 Å². The van der Waals surface area contributed by atoms with Crippen molar-refractivity contribution in [3.05, 3.63) is 75.9 Å². The maximum atomic E-state index is 10.7. The summed E-state index contributed by atoms with van der Waals surface area (Å²) < 4.78 is 1.69. The van der Waals surface area contributed by atoms with Crippen molar-refractivity contribution in [2.75, 3.05) is 5.73 Å². The molecule has 1 aliphatic rings. The molecule has 1 unspecified atom stereocenters. The van der Waals surface area contributed by atoms with E-state index in [1.807, 2.05) is 29.8 Å². The number of carbonyl (C=O) groups is 1. The number of aromatic nitrogens is 3. The van der Waals surface area contributed by atoms with Crippen LogP contribution in [0, 0.1) is 0 Å². The van der Waals surface area contributed by atoms with Crippen LogP contribution in [0.15, 0.2) is 53.4 Å². The average molecular weight is 348 g/mol. The summed E-state index contributed by atoms with van der Waals surface area (Å²) in [5.74, 6) is 0.460. The Morgan fingerprint density at radius 3 is 2.84 bits per heavy atom. The molecule has 0 amide bonds. The molecule has 0 fully saturated rings. The number of nitrogens with zero attached hydrogens (tertiary/aromatic N) is 3. The van der Waals surface area contributed by atoms with Crippen molar-refractivity contribution >= 4 is 35.7 Å². The second-order valence-corrected chi connectivity index (χ2v) is 6.61. The molecule has 1 aromatic carbocycles. The van der Waals surface area contributed by atoms with Crippen LogP contribution in [0.5, 0.6) is 0 Å². The topological polar surface area (TPSA) is 73.8 Å². The van der Waals surface area contributed by atoms with Crippen molar-refractivity contribution in [1.82, 2.24) is 14.8 Å². The Hall–Kier alpha value is -2.99. The van der Waals surface area contributed by atoms with Crippen molar-refractivity contribution in [1.29, 1.82) is 0 Å². The third kappa shape index (κ3) is 2.51. The van der Waals surface area contributed by atoms with Gasteiger partial charge in [0.05, 0.1) is 22.3 Å². The van der Waals surface area contributed by atoms with E-state index in [1.54, 1.807) is 22.2 Å². The molecule has 6 heteroatoms. The summed E-state index contributed by atoms with van der Waals surface area (Å²) >= 11 is 1.58. The number of hydrogen-bond donors (Lipinski definition) is 1. The molecule has 2 aromatic heterocycles. The summed E-state index contributed by atoms with van der Waals surface area (Å²) in [6.45, 7) is 0. The standard InChI is InChI=1S/C19H16N4OS/c20-18-15-7-8-19(17-12-25-13-21-17,14-5-2-1-3-6-14)11-16(15)23(22-18)9-4-10-24/h1-10,12-13H,11H2,(H2,20,22). The summed E-state index contributed by atoms with van der Waals surface area (Å²) in [6, 6.07) is 10.3. The fraction of sp³-hybridized carbons (Fsp3) is 0.105. The molecule has 0 spiro atoms. The van der Waals surface area contributed by atoms with Crippen LogP contribution in [0.2, 0.25) is 0 Å². The fourth-order valence-electron chi connectivity index (χ4n) is 3.34. The Labute approximate surface area is 149 Å². The van der Waals surface area contributed by atoms with E-state index in [4.69, 9.17) is 5.73 Å². The van der Waals surface area contributed by atoms with E-state index in [0.717, 1.165) is 28.8 Å². The first-order valence-electron chi connectivity index (χ1n) is 7.87. The van der Waals surface area contributed by atoms with Gasteiger partial charge in [-0.2, -0.15) is 5.10 Å². The quantitative estimate of drug-likeness (QED) is 0.581. The predicted molar refractivity (Wildman–Crippen MR) is 100 cm³/mol. The minimum Gasteiger partial charge on any atom is -0.382 e. The number of allylic oxidation sites excluding steroid dienone is 2. The molecule has 3 aromatic rings. The minimum absolute atomic E-state index is 0.381. The second kappa shape index (κ2) is 6.14. The lowest BCUT2D eigenvalue weighted by molar-refractivity contribution is -0.104. The molecule has 0 aliphatic heterocycles. The Bertz CT molecular complexity index is 957. The summed E-state index contributed by atoms with van der Waals surface area (Å²) in [5, 5.41) is 6.43. The van der Waals surface area contributed by atoms with Gasteiger partial charge in [0.2, 0.25) is 0 Å². The molecule has 0 bridgehead atoms. The summed E-state index contributed by atoms with van der Waals surface area (Å²) in [5.41, 5.74) is 11.6. The molecule has 25 heavy (non-hydrogen) atoms. The Balaban J connectivity index is 1.91. The SMILES string of the molecule is Nc1nn(C=CC=O)c2c1C=CC(c1ccccc1)(c1cscn1)C2. The van der Waals surface area contributed by atoms with Crippen molar-refractivity contribution in [3.8, 4) is 0 Å². The van der Waals surface area contributed by atoms with Crippen LogP contribution < -0.4 is 5.73 Å². The normalized spacial score (nSPS) is 19.2. The Morgan fingerprint density at radius 1 is 1.28 bits per heavy atom. The van der Waals surface area contributed by atoms with Gasteiger partial charge < -0.3 is 5.73 Å². The van der Waals surface area contributed by atoms with E-state index in [1.165, 1.54) is 6.08 Å². The molecule has 0 radical (unpaired) electrons. The van der Waals surface area contributed by atoms with Crippen LogP contribution in [0.4, 0.5) is 5.82 Å². The van der Waals surface area contributed by atoms with Crippen LogP contribution >= 0.6 is 11.3 Å². The van der Waals surface area contributed by atoms with E-state index >= 15 is 0 Å². The van der Waals surface area contributed by atoms with Crippen molar-refractivity contribution in [2.24, 2.45) is 0 Å². The van der Waals surface area contributed by atoms with Crippen molar-refractivity contribution in [2.45, 2.75) is 11.8 Å². The Kier molecular flexibility index (Phi) is 3.82. The van der Waals surface area contributed by atoms with Gasteiger partial charge in [-0.05, 0) is 11.6 Å². The number of fused-ring (bicyclic) bond motifs is 1. The van der Waals surface area contributed by atoms with E-state index < -0.39 is 0 Å². The summed E-state index contributed by atoms with van der Waals surface area (Å²) in [6.07, 6.45) is 8.62. The molecular weight excluding hydrogens is 332 g/mol. The zero-order chi connectivity index (χ0) is 17.3. The molecule has 1 aliphatic carbocycles. The number of thiazole rings is 1. The van der Waals surface area contributed by atoms with Gasteiger partial charge in [-0.3, -0.25) is 4.79 Å². The predicted octanol–water partition coefficient (Wildman–Crippen LogP) is 3.15. The molecule has 4 rings (SSSR count). The molecule has 2 heterocycles. The molecule has 124 valence electrons. The number of rotatable bonds is 4. The Morgan fingerprint density at radius 2 is 2.12 bits per heavy atom. The van der Waals surface area contributed by atoms with Gasteiger partial charge in [-0.1, -0.05) is 42.5 Å². The van der Waals surface area contributed by atoms with Crippen molar-refractivity contribution in [3.63, 3.8) is 0 Å². The van der Waals surface area contributed by atoms with E-state index in [9.17, 15) is 4.79 Å². The monoisotopic (exact) mass is 348 g/mol. The van der Waals surface area contributed by atoms with E-state index in [0.29, 0.717) is 12.2 Å². The number of anilines is 1. The summed E-state index contributed by atoms with van der Waals surface area (Å²) in [4.78, 5) is 15.3. The lowest BCUT2D eigenvalue weighted by Crippen LogP contribution is -2.31. The smallest absolute Gasteiger partial charge is 0.153 e. The molecular formula is C19H16N4OS. The maximum Gasteiger partial charge on any atom is 0.153 e. The van der Waals surface area contributed by atoms with E-state index in [-0.39, 0.29) is 5.41 Å². The zero-order valence-corrected chi connectivity index (χ0v) is 14.2. The van der Waals surface area contributed by atoms with Crippen LogP contribution in [0.25, 0.3) is 12.3 Å². The van der Waals surface area contributed by atoms with Gasteiger partial charge in [-0.15, -0.1) is 11.3 Å². The third-order valence-electron chi connectivity index (χ3n) is 4.54. The number of nitrogen functional groups attached to an aromatic ring is 1. The van der Waals surface area contributed by atoms with Gasteiger partial charge in [0.1, 0.15) is 6.29 Å². The van der Waals surface area contributed by atoms with Crippen LogP contribution in [-0.4, -0.2) is 21.1 Å². The first-order valence-corrected chi connectivity index (χ1v) is 8.81. The number of carbonyl (C=O) groups excluding carboxylic acids is 1. The zero-order valence-electron chi connectivity index (χ0n) is 13.4. The first kappa shape index (κ1) is 15.5. The molecule has 0 saturated heterocycles. The first-order chi connectivity index (χ1) is 12.2. The highest BCUT2D eigenvalue weighted by atomic mass is 32.1. The van der Waals surface area contributed by atoms with Gasteiger partial charge in [0.25, 0.3) is 0 Å². The molecule has 2 N–H and O–H groups in total. The number of nitrogens with two attached hydrogens (primary N) is 1. The fourth-order valence-corrected chi connectivity index (χ4v) is 3.97. The molecule has 0 saturated carbocycles. The molecule has 5 nitrogen and oxygen atoms in total. The lowest BCUT2D eigenvalue weighted by atomic mass is 9.71. The van der Waals surface area contributed by atoms with Gasteiger partial charge in [0.15, 0.2) is 5.82 Å². The van der Waals surface area contributed by atoms with Crippen LogP contribution in [0.3, 0.4) is 0 Å². The largest absolute Gasteiger partial charge is 0.382 e. The average Bonchev–Trinajstić information content (AvgIpc) is 3.29. The number of benzene rings is 1. The van der Waals surface area contributed by atoms with E-state index in [2.05, 4.69) is 33.7 Å².